The summed E-state index contributed by atoms with van der Waals surface area (Å²) in [7, 11) is 1.92. The Bertz CT molecular complexity index is 1180. The fourth-order valence-corrected chi connectivity index (χ4v) is 5.68. The van der Waals surface area contributed by atoms with Crippen molar-refractivity contribution < 1.29 is 35.9 Å². The van der Waals surface area contributed by atoms with Gasteiger partial charge in [0.2, 0.25) is 11.8 Å². The minimum Gasteiger partial charge on any atom is -0.326 e. The third kappa shape index (κ3) is 5.39. The molecule has 2 fully saturated rings. The zero-order valence-corrected chi connectivity index (χ0v) is 21.3. The van der Waals surface area contributed by atoms with E-state index in [9.17, 15) is 35.9 Å². The zero-order chi connectivity index (χ0) is 28.0. The van der Waals surface area contributed by atoms with Gasteiger partial charge in [0.1, 0.15) is 0 Å². The highest BCUT2D eigenvalue weighted by Gasteiger charge is 2.54. The number of rotatable bonds is 4. The number of nitrogens with one attached hydrogen (secondary N) is 1. The number of benzene rings is 2. The molecule has 2 amide bonds. The summed E-state index contributed by atoms with van der Waals surface area (Å²) in [5, 5.41) is 2.35. The van der Waals surface area contributed by atoms with Crippen LogP contribution in [0.2, 0.25) is 0 Å². The second kappa shape index (κ2) is 9.91. The van der Waals surface area contributed by atoms with E-state index in [-0.39, 0.29) is 30.9 Å². The first-order chi connectivity index (χ1) is 17.6. The van der Waals surface area contributed by atoms with Crippen LogP contribution in [0.4, 0.5) is 37.7 Å². The third-order valence-corrected chi connectivity index (χ3v) is 7.72. The highest BCUT2D eigenvalue weighted by Crippen LogP contribution is 2.47. The molecule has 5 nitrogen and oxygen atoms in total. The fraction of sp³-hybridized carbons (Fsp3) is 0.481. The van der Waals surface area contributed by atoms with Crippen molar-refractivity contribution in [3.8, 4) is 0 Å². The lowest BCUT2D eigenvalue weighted by molar-refractivity contribution is -0.143. The summed E-state index contributed by atoms with van der Waals surface area (Å²) >= 11 is 0. The monoisotopic (exact) mass is 541 g/mol. The topological polar surface area (TPSA) is 52.7 Å². The summed E-state index contributed by atoms with van der Waals surface area (Å²) in [6.45, 7) is 4.97. The van der Waals surface area contributed by atoms with Crippen LogP contribution in [0, 0.1) is 25.2 Å². The number of likely N-dealkylation sites (tertiary alicyclic amines) is 1. The Hall–Kier alpha value is -3.08. The van der Waals surface area contributed by atoms with Gasteiger partial charge in [-0.15, -0.1) is 0 Å². The van der Waals surface area contributed by atoms with Gasteiger partial charge in [0.25, 0.3) is 0 Å². The summed E-state index contributed by atoms with van der Waals surface area (Å²) in [4.78, 5) is 30.8. The molecule has 0 saturated carbocycles. The van der Waals surface area contributed by atoms with Crippen LogP contribution in [0.25, 0.3) is 0 Å². The first-order valence-corrected chi connectivity index (χ1v) is 12.3. The van der Waals surface area contributed by atoms with Crippen LogP contribution in [0.1, 0.15) is 41.5 Å². The van der Waals surface area contributed by atoms with E-state index in [2.05, 4.69) is 10.2 Å². The molecule has 1 atom stereocenters. The van der Waals surface area contributed by atoms with Gasteiger partial charge >= 0.3 is 12.4 Å². The molecule has 0 aliphatic carbocycles. The molecule has 2 heterocycles. The predicted molar refractivity (Wildman–Crippen MR) is 131 cm³/mol. The smallest absolute Gasteiger partial charge is 0.326 e. The van der Waals surface area contributed by atoms with Crippen molar-refractivity contribution in [2.24, 2.45) is 11.3 Å². The second-order valence-electron chi connectivity index (χ2n) is 10.4. The van der Waals surface area contributed by atoms with Gasteiger partial charge in [-0.2, -0.15) is 26.3 Å². The maximum absolute atomic E-state index is 13.9. The molecule has 2 aliphatic heterocycles. The van der Waals surface area contributed by atoms with Crippen LogP contribution in [0.5, 0.6) is 0 Å². The van der Waals surface area contributed by atoms with E-state index in [0.717, 1.165) is 11.1 Å². The molecule has 2 aromatic rings. The Kier molecular flexibility index (Phi) is 7.28. The van der Waals surface area contributed by atoms with E-state index in [1.54, 1.807) is 0 Å². The molecule has 206 valence electrons. The van der Waals surface area contributed by atoms with Crippen molar-refractivity contribution in [2.45, 2.75) is 45.5 Å². The van der Waals surface area contributed by atoms with E-state index in [1.165, 1.54) is 4.90 Å². The molecule has 0 spiro atoms. The number of carbonyl (C=O) groups is 2. The molecule has 2 saturated heterocycles. The molecule has 2 aliphatic rings. The molecule has 0 aromatic heterocycles. The van der Waals surface area contributed by atoms with Gasteiger partial charge in [0.15, 0.2) is 0 Å². The van der Waals surface area contributed by atoms with Gasteiger partial charge in [-0.3, -0.25) is 9.59 Å². The molecule has 1 unspecified atom stereocenters. The van der Waals surface area contributed by atoms with Crippen molar-refractivity contribution >= 4 is 23.2 Å². The third-order valence-electron chi connectivity index (χ3n) is 7.72. The molecular formula is C27H29F6N3O2. The number of amides is 2. The molecule has 0 bridgehead atoms. The van der Waals surface area contributed by atoms with Crippen LogP contribution in [0.15, 0.2) is 36.4 Å². The number of carbonyl (C=O) groups excluding carboxylic acids is 2. The summed E-state index contributed by atoms with van der Waals surface area (Å²) in [5.41, 5.74) is -2.65. The van der Waals surface area contributed by atoms with E-state index < -0.39 is 40.5 Å². The Morgan fingerprint density at radius 2 is 1.47 bits per heavy atom. The lowest BCUT2D eigenvalue weighted by atomic mass is 9.69. The Morgan fingerprint density at radius 3 is 1.97 bits per heavy atom. The van der Waals surface area contributed by atoms with Crippen molar-refractivity contribution in [3.05, 3.63) is 58.7 Å². The van der Waals surface area contributed by atoms with Gasteiger partial charge in [0, 0.05) is 24.3 Å². The lowest BCUT2D eigenvalue weighted by Crippen LogP contribution is -2.48. The largest absolute Gasteiger partial charge is 0.416 e. The summed E-state index contributed by atoms with van der Waals surface area (Å²) in [6.07, 6.45) is -9.15. The lowest BCUT2D eigenvalue weighted by Gasteiger charge is -2.40. The van der Waals surface area contributed by atoms with Crippen LogP contribution in [-0.2, 0) is 21.9 Å². The summed E-state index contributed by atoms with van der Waals surface area (Å²) < 4.78 is 80.4. The number of hydrogen-bond donors (Lipinski definition) is 1. The molecular weight excluding hydrogens is 512 g/mol. The molecule has 2 aromatic carbocycles. The van der Waals surface area contributed by atoms with Crippen LogP contribution >= 0.6 is 0 Å². The van der Waals surface area contributed by atoms with Gasteiger partial charge in [0.05, 0.1) is 16.5 Å². The maximum Gasteiger partial charge on any atom is 0.416 e. The average Bonchev–Trinajstić information content (AvgIpc) is 3.16. The van der Waals surface area contributed by atoms with E-state index in [1.807, 2.05) is 39.1 Å². The van der Waals surface area contributed by atoms with Crippen LogP contribution < -0.4 is 10.2 Å². The quantitative estimate of drug-likeness (QED) is 0.480. The maximum atomic E-state index is 13.9. The Labute approximate surface area is 216 Å². The number of hydrogen-bond acceptors (Lipinski definition) is 3. The minimum atomic E-state index is -5.05. The van der Waals surface area contributed by atoms with Crippen molar-refractivity contribution in [2.75, 3.05) is 36.9 Å². The minimum absolute atomic E-state index is 0.0111. The normalized spacial score (nSPS) is 21.7. The van der Waals surface area contributed by atoms with Crippen molar-refractivity contribution in [1.29, 1.82) is 0 Å². The van der Waals surface area contributed by atoms with Gasteiger partial charge < -0.3 is 15.1 Å². The first-order valence-electron chi connectivity index (χ1n) is 12.3. The summed E-state index contributed by atoms with van der Waals surface area (Å²) in [5.74, 6) is -1.34. The van der Waals surface area contributed by atoms with Gasteiger partial charge in [-0.05, 0) is 82.1 Å². The van der Waals surface area contributed by atoms with Crippen molar-refractivity contribution in [1.82, 2.24) is 4.90 Å². The SMILES string of the molecule is Cc1cccc(C)c1N1CC(C(=O)Nc2cc(C(F)(F)F)cc(C(F)(F)F)c2)(C2CCN(C)CC2)CC1=O. The van der Waals surface area contributed by atoms with Gasteiger partial charge in [-0.1, -0.05) is 18.2 Å². The number of piperidine rings is 1. The van der Waals surface area contributed by atoms with Crippen LogP contribution in [0.3, 0.4) is 0 Å². The first kappa shape index (κ1) is 27.9. The number of nitrogens with zero attached hydrogens (tertiary/aromatic N) is 2. The number of para-hydroxylation sites is 1. The second-order valence-corrected chi connectivity index (χ2v) is 10.4. The molecule has 11 heteroatoms. The zero-order valence-electron chi connectivity index (χ0n) is 21.3. The number of aryl methyl sites for hydroxylation is 2. The Balaban J connectivity index is 1.75. The highest BCUT2D eigenvalue weighted by atomic mass is 19.4. The summed E-state index contributed by atoms with van der Waals surface area (Å²) in [6, 6.07) is 6.53. The number of anilines is 2. The fourth-order valence-electron chi connectivity index (χ4n) is 5.68. The van der Waals surface area contributed by atoms with E-state index in [4.69, 9.17) is 0 Å². The number of halogens is 6. The highest BCUT2D eigenvalue weighted by molar-refractivity contribution is 6.06. The molecule has 4 rings (SSSR count). The average molecular weight is 542 g/mol. The van der Waals surface area contributed by atoms with Gasteiger partial charge in [-0.25, -0.2) is 0 Å². The Morgan fingerprint density at radius 1 is 0.947 bits per heavy atom. The predicted octanol–water partition coefficient (Wildman–Crippen LogP) is 6.04. The molecule has 0 radical (unpaired) electrons. The molecule has 1 N–H and O–H groups in total. The van der Waals surface area contributed by atoms with E-state index >= 15 is 0 Å². The molecule has 38 heavy (non-hydrogen) atoms. The standard InChI is InChI=1S/C27H29F6N3O2/c1-16-5-4-6-17(2)23(16)36-15-25(14-22(36)37,18-7-9-35(3)10-8-18)24(38)34-21-12-19(26(28,29)30)11-20(13-21)27(31,32)33/h4-6,11-13,18H,7-10,14-15H2,1-3H3,(H,34,38). The van der Waals surface area contributed by atoms with Crippen LogP contribution in [-0.4, -0.2) is 43.4 Å². The number of alkyl halides is 6. The van der Waals surface area contributed by atoms with Crippen molar-refractivity contribution in [3.63, 3.8) is 0 Å². The van der Waals surface area contributed by atoms with E-state index in [0.29, 0.717) is 43.8 Å².